The highest BCUT2D eigenvalue weighted by Crippen LogP contribution is 2.19. The molecular formula is C16H16N2OS. The molecule has 1 N–H and O–H groups in total. The zero-order valence-corrected chi connectivity index (χ0v) is 12.3. The first-order valence-electron chi connectivity index (χ1n) is 6.54. The highest BCUT2D eigenvalue weighted by molar-refractivity contribution is 7.71. The molecule has 0 atom stereocenters. The molecule has 1 heterocycles. The molecule has 3 aromatic rings. The Kier molecular flexibility index (Phi) is 3.32. The van der Waals surface area contributed by atoms with Crippen LogP contribution < -0.4 is 5.32 Å². The van der Waals surface area contributed by atoms with Gasteiger partial charge in [0.25, 0.3) is 4.84 Å². The number of oxazole rings is 1. The van der Waals surface area contributed by atoms with E-state index in [1.807, 2.05) is 28.8 Å². The van der Waals surface area contributed by atoms with Gasteiger partial charge in [0, 0.05) is 5.69 Å². The van der Waals surface area contributed by atoms with Crippen LogP contribution in [0.5, 0.6) is 0 Å². The van der Waals surface area contributed by atoms with Gasteiger partial charge in [-0.15, -0.1) is 0 Å². The van der Waals surface area contributed by atoms with Crippen LogP contribution in [0.15, 0.2) is 46.9 Å². The van der Waals surface area contributed by atoms with Gasteiger partial charge in [0.05, 0.1) is 12.2 Å². The Morgan fingerprint density at radius 2 is 1.95 bits per heavy atom. The highest BCUT2D eigenvalue weighted by atomic mass is 32.1. The summed E-state index contributed by atoms with van der Waals surface area (Å²) in [4.78, 5) is 0.489. The third-order valence-electron chi connectivity index (χ3n) is 3.38. The molecule has 0 saturated carbocycles. The van der Waals surface area contributed by atoms with E-state index in [1.165, 1.54) is 11.1 Å². The number of nitrogens with zero attached hydrogens (tertiary/aromatic N) is 1. The van der Waals surface area contributed by atoms with Crippen LogP contribution in [0.1, 0.15) is 11.1 Å². The van der Waals surface area contributed by atoms with Crippen molar-refractivity contribution < 1.29 is 4.42 Å². The summed E-state index contributed by atoms with van der Waals surface area (Å²) >= 11 is 5.28. The van der Waals surface area contributed by atoms with Gasteiger partial charge >= 0.3 is 0 Å². The lowest BCUT2D eigenvalue weighted by Gasteiger charge is -2.11. The second kappa shape index (κ2) is 5.13. The van der Waals surface area contributed by atoms with Crippen molar-refractivity contribution in [3.63, 3.8) is 0 Å². The molecule has 0 fully saturated rings. The lowest BCUT2D eigenvalue weighted by Crippen LogP contribution is -2.08. The van der Waals surface area contributed by atoms with Gasteiger partial charge in [-0.1, -0.05) is 29.8 Å². The Hall–Kier alpha value is -2.07. The topological polar surface area (TPSA) is 30.1 Å². The first kappa shape index (κ1) is 12.9. The zero-order valence-electron chi connectivity index (χ0n) is 11.5. The van der Waals surface area contributed by atoms with E-state index in [9.17, 15) is 0 Å². The van der Waals surface area contributed by atoms with E-state index in [1.54, 1.807) is 0 Å². The Bertz CT molecular complexity index is 817. The third-order valence-corrected chi connectivity index (χ3v) is 3.69. The van der Waals surface area contributed by atoms with E-state index >= 15 is 0 Å². The van der Waals surface area contributed by atoms with Crippen LogP contribution >= 0.6 is 12.2 Å². The summed E-state index contributed by atoms with van der Waals surface area (Å²) in [7, 11) is 0. The molecule has 20 heavy (non-hydrogen) atoms. The molecule has 0 bridgehead atoms. The molecule has 3 rings (SSSR count). The van der Waals surface area contributed by atoms with Crippen molar-refractivity contribution in [3.05, 3.63) is 58.4 Å². The Balaban J connectivity index is 1.90. The Labute approximate surface area is 122 Å². The van der Waals surface area contributed by atoms with Gasteiger partial charge in [0.2, 0.25) is 0 Å². The number of hydrogen-bond donors (Lipinski definition) is 1. The predicted octanol–water partition coefficient (Wildman–Crippen LogP) is 4.65. The number of hydrogen-bond acceptors (Lipinski definition) is 3. The largest absolute Gasteiger partial charge is 0.429 e. The molecule has 0 aliphatic rings. The summed E-state index contributed by atoms with van der Waals surface area (Å²) in [6.07, 6.45) is 0. The average molecular weight is 284 g/mol. The molecule has 0 unspecified atom stereocenters. The first-order chi connectivity index (χ1) is 9.65. The summed E-state index contributed by atoms with van der Waals surface area (Å²) in [5.74, 6) is 0. The zero-order chi connectivity index (χ0) is 14.1. The van der Waals surface area contributed by atoms with Crippen LogP contribution in [0.4, 0.5) is 5.69 Å². The van der Waals surface area contributed by atoms with Gasteiger partial charge in [-0.05, 0) is 49.8 Å². The van der Waals surface area contributed by atoms with Gasteiger partial charge in [0.15, 0.2) is 5.58 Å². The van der Waals surface area contributed by atoms with Crippen LogP contribution in [0.25, 0.3) is 11.1 Å². The maximum atomic E-state index is 5.57. The summed E-state index contributed by atoms with van der Waals surface area (Å²) in [6.45, 7) is 4.79. The van der Waals surface area contributed by atoms with Gasteiger partial charge in [-0.2, -0.15) is 0 Å². The fraction of sp³-hybridized carbons (Fsp3) is 0.188. The maximum Gasteiger partial charge on any atom is 0.271 e. The average Bonchev–Trinajstić information content (AvgIpc) is 2.74. The summed E-state index contributed by atoms with van der Waals surface area (Å²) in [5.41, 5.74) is 5.43. The second-order valence-corrected chi connectivity index (χ2v) is 5.27. The minimum atomic E-state index is 0.489. The molecule has 0 radical (unpaired) electrons. The molecule has 0 spiro atoms. The highest BCUT2D eigenvalue weighted by Gasteiger charge is 2.06. The molecule has 2 aromatic carbocycles. The third kappa shape index (κ3) is 2.34. The molecule has 0 amide bonds. The van der Waals surface area contributed by atoms with Crippen LogP contribution in [0.2, 0.25) is 0 Å². The maximum absolute atomic E-state index is 5.57. The molecular weight excluding hydrogens is 268 g/mol. The molecule has 1 aromatic heterocycles. The minimum absolute atomic E-state index is 0.489. The Morgan fingerprint density at radius 3 is 2.75 bits per heavy atom. The second-order valence-electron chi connectivity index (χ2n) is 4.92. The quantitative estimate of drug-likeness (QED) is 0.710. The molecule has 102 valence electrons. The summed E-state index contributed by atoms with van der Waals surface area (Å²) < 4.78 is 7.54. The standard InChI is InChI=1S/C16H16N2OS/c1-11-7-8-13(12(2)9-11)17-10-18-14-5-3-4-6-15(14)19-16(18)20/h3-9,17H,10H2,1-2H3. The minimum Gasteiger partial charge on any atom is -0.429 e. The predicted molar refractivity (Wildman–Crippen MR) is 84.6 cm³/mol. The van der Waals surface area contributed by atoms with Gasteiger partial charge in [-0.3, -0.25) is 4.57 Å². The molecule has 4 heteroatoms. The van der Waals surface area contributed by atoms with Gasteiger partial charge in [0.1, 0.15) is 0 Å². The summed E-state index contributed by atoms with van der Waals surface area (Å²) in [5, 5.41) is 3.41. The number of aromatic nitrogens is 1. The van der Waals surface area contributed by atoms with Crippen LogP contribution in [-0.2, 0) is 6.67 Å². The SMILES string of the molecule is Cc1ccc(NCn2c(=S)oc3ccccc32)c(C)c1. The lowest BCUT2D eigenvalue weighted by molar-refractivity contribution is 0.546. The van der Waals surface area contributed by atoms with E-state index in [0.717, 1.165) is 16.8 Å². The smallest absolute Gasteiger partial charge is 0.271 e. The number of benzene rings is 2. The first-order valence-corrected chi connectivity index (χ1v) is 6.95. The number of rotatable bonds is 3. The molecule has 0 aliphatic heterocycles. The fourth-order valence-corrected chi connectivity index (χ4v) is 2.59. The van der Waals surface area contributed by atoms with E-state index in [-0.39, 0.29) is 0 Å². The van der Waals surface area contributed by atoms with E-state index in [2.05, 4.69) is 37.4 Å². The Morgan fingerprint density at radius 1 is 1.15 bits per heavy atom. The fourth-order valence-electron chi connectivity index (χ4n) is 2.34. The van der Waals surface area contributed by atoms with Crippen molar-refractivity contribution in [2.45, 2.75) is 20.5 Å². The van der Waals surface area contributed by atoms with E-state index in [0.29, 0.717) is 11.5 Å². The van der Waals surface area contributed by atoms with Crippen molar-refractivity contribution in [3.8, 4) is 0 Å². The van der Waals surface area contributed by atoms with Crippen molar-refractivity contribution in [1.82, 2.24) is 4.57 Å². The van der Waals surface area contributed by atoms with Crippen molar-refractivity contribution in [2.75, 3.05) is 5.32 Å². The molecule has 3 nitrogen and oxygen atoms in total. The van der Waals surface area contributed by atoms with Crippen molar-refractivity contribution in [1.29, 1.82) is 0 Å². The van der Waals surface area contributed by atoms with E-state index < -0.39 is 0 Å². The number of anilines is 1. The number of aryl methyl sites for hydroxylation is 2. The van der Waals surface area contributed by atoms with Crippen LogP contribution in [-0.4, -0.2) is 4.57 Å². The number of para-hydroxylation sites is 2. The normalized spacial score (nSPS) is 10.9. The van der Waals surface area contributed by atoms with Crippen LogP contribution in [0, 0.1) is 18.7 Å². The van der Waals surface area contributed by atoms with Crippen molar-refractivity contribution >= 4 is 29.0 Å². The van der Waals surface area contributed by atoms with Gasteiger partial charge < -0.3 is 9.73 Å². The van der Waals surface area contributed by atoms with E-state index in [4.69, 9.17) is 16.6 Å². The van der Waals surface area contributed by atoms with Gasteiger partial charge in [-0.25, -0.2) is 0 Å². The summed E-state index contributed by atoms with van der Waals surface area (Å²) in [6, 6.07) is 14.2. The number of fused-ring (bicyclic) bond motifs is 1. The molecule has 0 aliphatic carbocycles. The lowest BCUT2D eigenvalue weighted by atomic mass is 10.1. The number of nitrogens with one attached hydrogen (secondary N) is 1. The van der Waals surface area contributed by atoms with Crippen molar-refractivity contribution in [2.24, 2.45) is 0 Å². The monoisotopic (exact) mass is 284 g/mol. The van der Waals surface area contributed by atoms with Crippen LogP contribution in [0.3, 0.4) is 0 Å². The molecule has 0 saturated heterocycles.